The van der Waals surface area contributed by atoms with Gasteiger partial charge in [0.1, 0.15) is 4.83 Å². The molecule has 0 saturated heterocycles. The van der Waals surface area contributed by atoms with Crippen molar-refractivity contribution >= 4 is 68.6 Å². The zero-order valence-corrected chi connectivity index (χ0v) is 15.9. The summed E-state index contributed by atoms with van der Waals surface area (Å²) in [6.07, 6.45) is 0.866. The highest BCUT2D eigenvalue weighted by molar-refractivity contribution is 7.71. The van der Waals surface area contributed by atoms with Crippen LogP contribution in [0.1, 0.15) is 17.4 Å². The molecular weight excluding hydrogens is 395 g/mol. The number of benzene rings is 1. The van der Waals surface area contributed by atoms with Crippen LogP contribution in [0.4, 0.5) is 0 Å². The van der Waals surface area contributed by atoms with Gasteiger partial charge in [-0.2, -0.15) is 0 Å². The minimum atomic E-state index is -0.160. The lowest BCUT2D eigenvalue weighted by Gasteiger charge is -2.11. The summed E-state index contributed by atoms with van der Waals surface area (Å²) in [6.45, 7) is 2.21. The number of rotatable bonds is 3. The number of H-pyrrole nitrogens is 1. The molecule has 0 aliphatic rings. The molecule has 0 radical (unpaired) electrons. The predicted octanol–water partition coefficient (Wildman–Crippen LogP) is 5.69. The third-order valence-corrected chi connectivity index (χ3v) is 6.24. The lowest BCUT2D eigenvalue weighted by atomic mass is 10.2. The van der Waals surface area contributed by atoms with Crippen molar-refractivity contribution in [1.29, 1.82) is 0 Å². The van der Waals surface area contributed by atoms with Gasteiger partial charge in [-0.25, -0.2) is 0 Å². The van der Waals surface area contributed by atoms with E-state index in [1.807, 2.05) is 13.0 Å². The molecule has 0 aliphatic carbocycles. The maximum Gasteiger partial charge on any atom is 0.263 e. The van der Waals surface area contributed by atoms with Crippen LogP contribution < -0.4 is 5.56 Å². The van der Waals surface area contributed by atoms with Crippen molar-refractivity contribution < 1.29 is 0 Å². The monoisotopic (exact) mass is 404 g/mol. The van der Waals surface area contributed by atoms with Gasteiger partial charge in [0, 0.05) is 15.5 Å². The lowest BCUT2D eigenvalue weighted by molar-refractivity contribution is 0.736. The van der Waals surface area contributed by atoms with Crippen molar-refractivity contribution in [2.45, 2.75) is 19.9 Å². The van der Waals surface area contributed by atoms with Crippen molar-refractivity contribution in [2.75, 3.05) is 0 Å². The Morgan fingerprint density at radius 3 is 2.65 bits per heavy atom. The van der Waals surface area contributed by atoms with Gasteiger partial charge in [0.25, 0.3) is 5.56 Å². The van der Waals surface area contributed by atoms with Crippen LogP contribution in [-0.4, -0.2) is 9.55 Å². The number of fused-ring (bicyclic) bond motifs is 1. The number of aromatic amines is 1. The summed E-state index contributed by atoms with van der Waals surface area (Å²) in [5.74, 6) is 0. The fourth-order valence-corrected chi connectivity index (χ4v) is 4.25. The fraction of sp³-hybridized carbons (Fsp3) is 0.200. The van der Waals surface area contributed by atoms with E-state index < -0.39 is 0 Å². The summed E-state index contributed by atoms with van der Waals surface area (Å²) >= 11 is 25.3. The largest absolute Gasteiger partial charge is 0.323 e. The average molecular weight is 406 g/mol. The smallest absolute Gasteiger partial charge is 0.263 e. The molecule has 2 aromatic heterocycles. The van der Waals surface area contributed by atoms with Gasteiger partial charge in [0.15, 0.2) is 4.77 Å². The first-order valence-corrected chi connectivity index (χ1v) is 9.16. The van der Waals surface area contributed by atoms with E-state index in [4.69, 9.17) is 47.0 Å². The molecule has 0 spiro atoms. The normalized spacial score (nSPS) is 11.3. The molecule has 3 nitrogen and oxygen atoms in total. The minimum Gasteiger partial charge on any atom is -0.323 e. The molecule has 1 aromatic carbocycles. The second-order valence-corrected chi connectivity index (χ2v) is 7.67. The van der Waals surface area contributed by atoms with E-state index in [0.717, 1.165) is 16.1 Å². The molecule has 2 heterocycles. The summed E-state index contributed by atoms with van der Waals surface area (Å²) < 4.78 is 1.78. The number of thiophene rings is 1. The van der Waals surface area contributed by atoms with Crippen LogP contribution in [-0.2, 0) is 13.0 Å². The summed E-state index contributed by atoms with van der Waals surface area (Å²) in [7, 11) is 0. The standard InChI is InChI=1S/C15H11Cl3N2OS2/c1-2-7-5-8-13(23-7)19-15(22)20(14(8)21)6-9-10(16)3-4-11(17)12(9)18/h3-5H,2,6H2,1H3,(H,19,22). The maximum absolute atomic E-state index is 12.8. The average Bonchev–Trinajstić information content (AvgIpc) is 2.93. The number of hydrogen-bond donors (Lipinski definition) is 1. The van der Waals surface area contributed by atoms with Gasteiger partial charge >= 0.3 is 0 Å². The predicted molar refractivity (Wildman–Crippen MR) is 101 cm³/mol. The summed E-state index contributed by atoms with van der Waals surface area (Å²) in [5, 5.41) is 1.79. The SMILES string of the molecule is CCc1cc2c(=O)n(Cc3c(Cl)ccc(Cl)c3Cl)c(=S)[nH]c2s1. The molecule has 0 aliphatic heterocycles. The minimum absolute atomic E-state index is 0.160. The van der Waals surface area contributed by atoms with Crippen molar-refractivity contribution in [2.24, 2.45) is 0 Å². The van der Waals surface area contributed by atoms with Crippen LogP contribution in [0.15, 0.2) is 23.0 Å². The molecule has 0 saturated carbocycles. The van der Waals surface area contributed by atoms with E-state index in [9.17, 15) is 4.79 Å². The topological polar surface area (TPSA) is 37.8 Å². The molecule has 0 atom stereocenters. The molecule has 120 valence electrons. The molecule has 8 heteroatoms. The summed E-state index contributed by atoms with van der Waals surface area (Å²) in [6, 6.07) is 5.17. The zero-order chi connectivity index (χ0) is 16.7. The molecule has 3 aromatic rings. The maximum atomic E-state index is 12.8. The van der Waals surface area contributed by atoms with Gasteiger partial charge in [-0.15, -0.1) is 11.3 Å². The third-order valence-electron chi connectivity index (χ3n) is 3.53. The highest BCUT2D eigenvalue weighted by Gasteiger charge is 2.14. The third kappa shape index (κ3) is 3.08. The Balaban J connectivity index is 2.20. The number of aromatic nitrogens is 2. The van der Waals surface area contributed by atoms with E-state index >= 15 is 0 Å². The van der Waals surface area contributed by atoms with Gasteiger partial charge in [0.2, 0.25) is 0 Å². The van der Waals surface area contributed by atoms with E-state index in [1.165, 1.54) is 4.57 Å². The van der Waals surface area contributed by atoms with Crippen LogP contribution in [0.25, 0.3) is 10.2 Å². The van der Waals surface area contributed by atoms with Crippen molar-refractivity contribution in [1.82, 2.24) is 9.55 Å². The van der Waals surface area contributed by atoms with E-state index in [0.29, 0.717) is 30.8 Å². The Bertz CT molecular complexity index is 1020. The fourth-order valence-electron chi connectivity index (χ4n) is 2.29. The molecule has 3 rings (SSSR count). The number of hydrogen-bond acceptors (Lipinski definition) is 3. The number of halogens is 3. The quantitative estimate of drug-likeness (QED) is 0.449. The number of nitrogens with one attached hydrogen (secondary N) is 1. The lowest BCUT2D eigenvalue weighted by Crippen LogP contribution is -2.22. The number of aryl methyl sites for hydroxylation is 1. The first-order chi connectivity index (χ1) is 10.9. The van der Waals surface area contributed by atoms with Gasteiger partial charge in [-0.05, 0) is 36.8 Å². The van der Waals surface area contributed by atoms with Crippen LogP contribution in [0.2, 0.25) is 15.1 Å². The van der Waals surface area contributed by atoms with Crippen LogP contribution >= 0.6 is 58.4 Å². The van der Waals surface area contributed by atoms with Crippen molar-refractivity contribution in [3.63, 3.8) is 0 Å². The molecule has 0 bridgehead atoms. The van der Waals surface area contributed by atoms with Gasteiger partial charge in [-0.1, -0.05) is 41.7 Å². The Morgan fingerprint density at radius 2 is 1.96 bits per heavy atom. The molecule has 1 N–H and O–H groups in total. The molecule has 0 fully saturated rings. The van der Waals surface area contributed by atoms with E-state index in [-0.39, 0.29) is 12.1 Å². The molecular formula is C15H11Cl3N2OS2. The Labute approximate surface area is 156 Å². The highest BCUT2D eigenvalue weighted by atomic mass is 35.5. The zero-order valence-electron chi connectivity index (χ0n) is 12.0. The Kier molecular flexibility index (Phi) is 4.85. The van der Waals surface area contributed by atoms with Crippen molar-refractivity contribution in [3.8, 4) is 0 Å². The van der Waals surface area contributed by atoms with Gasteiger partial charge < -0.3 is 4.98 Å². The van der Waals surface area contributed by atoms with Crippen LogP contribution in [0.5, 0.6) is 0 Å². The second kappa shape index (κ2) is 6.57. The Hall–Kier alpha value is -0.850. The highest BCUT2D eigenvalue weighted by Crippen LogP contribution is 2.32. The van der Waals surface area contributed by atoms with Gasteiger partial charge in [0.05, 0.1) is 22.0 Å². The summed E-state index contributed by atoms with van der Waals surface area (Å²) in [5.41, 5.74) is 0.416. The van der Waals surface area contributed by atoms with Crippen LogP contribution in [0.3, 0.4) is 0 Å². The van der Waals surface area contributed by atoms with Crippen molar-refractivity contribution in [3.05, 3.63) is 58.8 Å². The number of nitrogens with zero attached hydrogens (tertiary/aromatic N) is 1. The van der Waals surface area contributed by atoms with E-state index in [2.05, 4.69) is 4.98 Å². The first-order valence-electron chi connectivity index (χ1n) is 6.80. The molecule has 0 amide bonds. The molecule has 23 heavy (non-hydrogen) atoms. The Morgan fingerprint density at radius 1 is 1.26 bits per heavy atom. The van der Waals surface area contributed by atoms with Crippen LogP contribution in [0, 0.1) is 4.77 Å². The summed E-state index contributed by atoms with van der Waals surface area (Å²) in [4.78, 5) is 17.8. The second-order valence-electron chi connectivity index (χ2n) is 4.95. The molecule has 0 unspecified atom stereocenters. The van der Waals surface area contributed by atoms with E-state index in [1.54, 1.807) is 23.5 Å². The van der Waals surface area contributed by atoms with Gasteiger partial charge in [-0.3, -0.25) is 9.36 Å². The first kappa shape index (κ1) is 17.0.